The van der Waals surface area contributed by atoms with Crippen LogP contribution in [0.5, 0.6) is 0 Å². The number of Topliss-reactive ketones (excluding diaryl/α,β-unsaturated/α-hetero) is 1. The maximum absolute atomic E-state index is 12.8. The summed E-state index contributed by atoms with van der Waals surface area (Å²) in [4.78, 5) is 26.1. The second-order valence-electron chi connectivity index (χ2n) is 7.00. The average Bonchev–Trinajstić information content (AvgIpc) is 3.27. The van der Waals surface area contributed by atoms with E-state index in [2.05, 4.69) is 5.32 Å². The number of amides is 1. The van der Waals surface area contributed by atoms with Gasteiger partial charge in [-0.3, -0.25) is 9.59 Å². The number of carbonyl (C=O) groups is 2. The quantitative estimate of drug-likeness (QED) is 0.662. The summed E-state index contributed by atoms with van der Waals surface area (Å²) in [5.41, 5.74) is 1.49. The lowest BCUT2D eigenvalue weighted by atomic mass is 9.98. The Hall–Kier alpha value is -2.51. The maximum atomic E-state index is 12.8. The van der Waals surface area contributed by atoms with Crippen LogP contribution in [0.15, 0.2) is 48.5 Å². The van der Waals surface area contributed by atoms with Crippen LogP contribution < -0.4 is 5.32 Å². The zero-order valence-corrected chi connectivity index (χ0v) is 16.9. The summed E-state index contributed by atoms with van der Waals surface area (Å²) in [6.45, 7) is 1.55. The van der Waals surface area contributed by atoms with Crippen molar-refractivity contribution in [1.29, 1.82) is 0 Å². The van der Waals surface area contributed by atoms with E-state index in [0.29, 0.717) is 16.9 Å². The summed E-state index contributed by atoms with van der Waals surface area (Å²) >= 11 is 1.43. The fourth-order valence-electron chi connectivity index (χ4n) is 3.56. The predicted molar refractivity (Wildman–Crippen MR) is 112 cm³/mol. The van der Waals surface area contributed by atoms with E-state index < -0.39 is 9.84 Å². The van der Waals surface area contributed by atoms with E-state index in [1.165, 1.54) is 11.3 Å². The lowest BCUT2D eigenvalue weighted by Crippen LogP contribution is -2.35. The third kappa shape index (κ3) is 3.59. The van der Waals surface area contributed by atoms with Gasteiger partial charge >= 0.3 is 0 Å². The minimum Gasteiger partial charge on any atom is -0.348 e. The van der Waals surface area contributed by atoms with Gasteiger partial charge in [0, 0.05) is 16.5 Å². The van der Waals surface area contributed by atoms with Crippen molar-refractivity contribution in [3.63, 3.8) is 0 Å². The third-order valence-corrected chi connectivity index (χ3v) is 7.94. The molecule has 1 fully saturated rings. The van der Waals surface area contributed by atoms with Gasteiger partial charge in [-0.15, -0.1) is 11.3 Å². The Balaban J connectivity index is 1.71. The van der Waals surface area contributed by atoms with Crippen LogP contribution >= 0.6 is 11.3 Å². The van der Waals surface area contributed by atoms with E-state index in [4.69, 9.17) is 0 Å². The Morgan fingerprint density at radius 3 is 2.43 bits per heavy atom. The molecule has 28 heavy (non-hydrogen) atoms. The Morgan fingerprint density at radius 2 is 1.79 bits per heavy atom. The van der Waals surface area contributed by atoms with Crippen LogP contribution in [0.1, 0.15) is 33.4 Å². The number of fused-ring (bicyclic) bond motifs is 1. The second-order valence-corrected chi connectivity index (χ2v) is 10.3. The summed E-state index contributed by atoms with van der Waals surface area (Å²) in [5.74, 6) is -0.116. The molecule has 1 atom stereocenters. The van der Waals surface area contributed by atoms with Gasteiger partial charge in [0.15, 0.2) is 15.6 Å². The van der Waals surface area contributed by atoms with E-state index in [0.717, 1.165) is 21.2 Å². The van der Waals surface area contributed by atoms with E-state index in [1.54, 1.807) is 13.0 Å². The number of carbonyl (C=O) groups excluding carboxylic acids is 2. The van der Waals surface area contributed by atoms with Gasteiger partial charge in [0.1, 0.15) is 0 Å². The molecule has 1 saturated heterocycles. The van der Waals surface area contributed by atoms with E-state index >= 15 is 0 Å². The number of rotatable bonds is 4. The molecule has 144 valence electrons. The summed E-state index contributed by atoms with van der Waals surface area (Å²) < 4.78 is 23.3. The minimum absolute atomic E-state index is 0.00221. The van der Waals surface area contributed by atoms with Gasteiger partial charge in [-0.05, 0) is 47.9 Å². The van der Waals surface area contributed by atoms with Crippen molar-refractivity contribution in [2.24, 2.45) is 0 Å². The fraction of sp³-hybridized carbons (Fsp3) is 0.238. The Morgan fingerprint density at radius 1 is 1.04 bits per heavy atom. The summed E-state index contributed by atoms with van der Waals surface area (Å²) in [5, 5.41) is 4.59. The highest BCUT2D eigenvalue weighted by Crippen LogP contribution is 2.35. The van der Waals surface area contributed by atoms with Crippen molar-refractivity contribution in [1.82, 2.24) is 5.32 Å². The number of ketones is 1. The molecule has 1 N–H and O–H groups in total. The second kappa shape index (κ2) is 7.14. The molecule has 5 nitrogen and oxygen atoms in total. The standard InChI is InChI=1S/C21H19NO4S2/c1-13(23)19-8-9-20(27-19)17-6-7-18(16-5-3-2-4-15(16)17)21(24)22-14-10-11-28(25,26)12-14/h2-9,14H,10-12H2,1H3,(H,22,24). The van der Waals surface area contributed by atoms with Gasteiger partial charge in [-0.25, -0.2) is 8.42 Å². The Kier molecular flexibility index (Phi) is 4.81. The first-order chi connectivity index (χ1) is 13.3. The Labute approximate surface area is 167 Å². The molecule has 0 spiro atoms. The summed E-state index contributed by atoms with van der Waals surface area (Å²) in [7, 11) is -3.05. The largest absolute Gasteiger partial charge is 0.348 e. The first-order valence-electron chi connectivity index (χ1n) is 8.98. The van der Waals surface area contributed by atoms with Crippen molar-refractivity contribution in [3.05, 3.63) is 59.0 Å². The average molecular weight is 414 g/mol. The van der Waals surface area contributed by atoms with Crippen molar-refractivity contribution in [2.45, 2.75) is 19.4 Å². The van der Waals surface area contributed by atoms with Crippen molar-refractivity contribution in [3.8, 4) is 10.4 Å². The number of nitrogens with one attached hydrogen (secondary N) is 1. The van der Waals surface area contributed by atoms with Crippen LogP contribution in [0.25, 0.3) is 21.2 Å². The maximum Gasteiger partial charge on any atom is 0.252 e. The highest BCUT2D eigenvalue weighted by molar-refractivity contribution is 7.91. The number of benzene rings is 2. The molecule has 1 unspecified atom stereocenters. The highest BCUT2D eigenvalue weighted by Gasteiger charge is 2.29. The molecule has 0 saturated carbocycles. The van der Waals surface area contributed by atoms with Gasteiger partial charge in [-0.1, -0.05) is 30.3 Å². The zero-order valence-electron chi connectivity index (χ0n) is 15.3. The van der Waals surface area contributed by atoms with Crippen molar-refractivity contribution in [2.75, 3.05) is 11.5 Å². The summed E-state index contributed by atoms with van der Waals surface area (Å²) in [6.07, 6.45) is 0.451. The van der Waals surface area contributed by atoms with Crippen molar-refractivity contribution < 1.29 is 18.0 Å². The number of thiophene rings is 1. The van der Waals surface area contributed by atoms with Gasteiger partial charge < -0.3 is 5.32 Å². The van der Waals surface area contributed by atoms with Crippen LogP contribution in [0.2, 0.25) is 0 Å². The zero-order chi connectivity index (χ0) is 19.9. The molecule has 3 aromatic rings. The number of hydrogen-bond donors (Lipinski definition) is 1. The van der Waals surface area contributed by atoms with Crippen molar-refractivity contribution >= 4 is 43.6 Å². The summed E-state index contributed by atoms with van der Waals surface area (Å²) in [6, 6.07) is 14.7. The predicted octanol–water partition coefficient (Wildman–Crippen LogP) is 3.69. The van der Waals surface area contributed by atoms with Crippen LogP contribution in [0, 0.1) is 0 Å². The lowest BCUT2D eigenvalue weighted by Gasteiger charge is -2.14. The molecule has 2 heterocycles. The van der Waals surface area contributed by atoms with Crippen LogP contribution in [-0.2, 0) is 9.84 Å². The van der Waals surface area contributed by atoms with Gasteiger partial charge in [0.2, 0.25) is 0 Å². The normalized spacial score (nSPS) is 18.2. The molecule has 0 aliphatic carbocycles. The minimum atomic E-state index is -3.05. The monoisotopic (exact) mass is 413 g/mol. The van der Waals surface area contributed by atoms with Gasteiger partial charge in [0.05, 0.1) is 16.4 Å². The molecule has 2 aromatic carbocycles. The molecular formula is C21H19NO4S2. The molecule has 1 aromatic heterocycles. The smallest absolute Gasteiger partial charge is 0.252 e. The van der Waals surface area contributed by atoms with E-state index in [-0.39, 0.29) is 29.2 Å². The third-order valence-electron chi connectivity index (χ3n) is 4.95. The molecular weight excluding hydrogens is 394 g/mol. The SMILES string of the molecule is CC(=O)c1ccc(-c2ccc(C(=O)NC3CCS(=O)(=O)C3)c3ccccc23)s1. The molecule has 1 amide bonds. The van der Waals surface area contributed by atoms with Gasteiger partial charge in [-0.2, -0.15) is 0 Å². The van der Waals surface area contributed by atoms with E-state index in [1.807, 2.05) is 42.5 Å². The van der Waals surface area contributed by atoms with Gasteiger partial charge in [0.25, 0.3) is 5.91 Å². The van der Waals surface area contributed by atoms with E-state index in [9.17, 15) is 18.0 Å². The number of sulfone groups is 1. The Bertz CT molecular complexity index is 1190. The van der Waals surface area contributed by atoms with Crippen LogP contribution in [0.3, 0.4) is 0 Å². The topological polar surface area (TPSA) is 80.3 Å². The fourth-order valence-corrected chi connectivity index (χ4v) is 6.17. The number of hydrogen-bond acceptors (Lipinski definition) is 5. The molecule has 0 radical (unpaired) electrons. The molecule has 4 rings (SSSR count). The lowest BCUT2D eigenvalue weighted by molar-refractivity contribution is 0.0942. The van der Waals surface area contributed by atoms with Crippen LogP contribution in [-0.4, -0.2) is 37.7 Å². The molecule has 7 heteroatoms. The highest BCUT2D eigenvalue weighted by atomic mass is 32.2. The molecule has 0 bridgehead atoms. The molecule has 1 aliphatic rings. The first kappa shape index (κ1) is 18.8. The molecule has 1 aliphatic heterocycles. The first-order valence-corrected chi connectivity index (χ1v) is 11.6. The van der Waals surface area contributed by atoms with Crippen LogP contribution in [0.4, 0.5) is 0 Å².